The first-order valence-electron chi connectivity index (χ1n) is 6.34. The second-order valence-corrected chi connectivity index (χ2v) is 4.96. The first kappa shape index (κ1) is 13.0. The average molecular weight is 270 g/mol. The zero-order valence-corrected chi connectivity index (χ0v) is 10.7. The fourth-order valence-electron chi connectivity index (χ4n) is 2.58. The number of carbonyl (C=O) groups excluding carboxylic acids is 1. The van der Waals surface area contributed by atoms with Crippen LogP contribution in [0.25, 0.3) is 16.3 Å². The van der Waals surface area contributed by atoms with E-state index in [0.29, 0.717) is 5.56 Å². The van der Waals surface area contributed by atoms with Crippen LogP contribution in [0.5, 0.6) is 0 Å². The average Bonchev–Trinajstić information content (AvgIpc) is 2.71. The smallest absolute Gasteiger partial charge is 0.200 e. The van der Waals surface area contributed by atoms with Crippen molar-refractivity contribution in [3.8, 4) is 0 Å². The Morgan fingerprint density at radius 1 is 1.10 bits per heavy atom. The minimum Gasteiger partial charge on any atom is -0.393 e. The maximum absolute atomic E-state index is 12.3. The summed E-state index contributed by atoms with van der Waals surface area (Å²) in [7, 11) is 0. The van der Waals surface area contributed by atoms with Gasteiger partial charge in [0, 0.05) is 5.57 Å². The number of rotatable bonds is 2. The van der Waals surface area contributed by atoms with Crippen molar-refractivity contribution in [2.75, 3.05) is 6.61 Å². The van der Waals surface area contributed by atoms with Gasteiger partial charge in [0.1, 0.15) is 6.10 Å². The van der Waals surface area contributed by atoms with Crippen molar-refractivity contribution >= 4 is 22.1 Å². The van der Waals surface area contributed by atoms with Gasteiger partial charge in [0.15, 0.2) is 11.4 Å². The van der Waals surface area contributed by atoms with Crippen molar-refractivity contribution < 1.29 is 20.1 Å². The highest BCUT2D eigenvalue weighted by atomic mass is 16.4. The molecule has 0 heterocycles. The SMILES string of the molecule is O=C1C(c2cccc3ccccc23)=C[C@H](O)[C@@]1(O)CO. The van der Waals surface area contributed by atoms with E-state index in [2.05, 4.69) is 0 Å². The fourth-order valence-corrected chi connectivity index (χ4v) is 2.58. The highest BCUT2D eigenvalue weighted by Gasteiger charge is 2.48. The van der Waals surface area contributed by atoms with E-state index in [4.69, 9.17) is 0 Å². The Labute approximate surface area is 115 Å². The lowest BCUT2D eigenvalue weighted by Crippen LogP contribution is -2.48. The van der Waals surface area contributed by atoms with Crippen molar-refractivity contribution in [1.29, 1.82) is 0 Å². The molecule has 0 bridgehead atoms. The highest BCUT2D eigenvalue weighted by Crippen LogP contribution is 2.35. The molecule has 0 fully saturated rings. The zero-order valence-electron chi connectivity index (χ0n) is 10.7. The van der Waals surface area contributed by atoms with E-state index in [1.807, 2.05) is 36.4 Å². The van der Waals surface area contributed by atoms with Gasteiger partial charge in [-0.3, -0.25) is 4.79 Å². The van der Waals surface area contributed by atoms with E-state index >= 15 is 0 Å². The third kappa shape index (κ3) is 1.70. The van der Waals surface area contributed by atoms with Crippen molar-refractivity contribution in [2.24, 2.45) is 0 Å². The van der Waals surface area contributed by atoms with Gasteiger partial charge in [-0.1, -0.05) is 42.5 Å². The molecule has 0 aromatic heterocycles. The normalized spacial score (nSPS) is 26.1. The molecule has 3 rings (SSSR count). The van der Waals surface area contributed by atoms with E-state index in [0.717, 1.165) is 10.8 Å². The molecule has 1 aliphatic carbocycles. The number of carbonyl (C=O) groups is 1. The Bertz CT molecular complexity index is 714. The first-order valence-corrected chi connectivity index (χ1v) is 6.34. The van der Waals surface area contributed by atoms with Gasteiger partial charge in [0.25, 0.3) is 0 Å². The lowest BCUT2D eigenvalue weighted by Gasteiger charge is -2.22. The molecule has 2 atom stereocenters. The minimum absolute atomic E-state index is 0.242. The first-order chi connectivity index (χ1) is 9.58. The maximum atomic E-state index is 12.3. The van der Waals surface area contributed by atoms with E-state index in [1.165, 1.54) is 6.08 Å². The molecule has 0 unspecified atom stereocenters. The van der Waals surface area contributed by atoms with Gasteiger partial charge >= 0.3 is 0 Å². The summed E-state index contributed by atoms with van der Waals surface area (Å²) in [5.41, 5.74) is -1.24. The number of ketones is 1. The number of hydrogen-bond donors (Lipinski definition) is 3. The third-order valence-corrected chi connectivity index (χ3v) is 3.77. The van der Waals surface area contributed by atoms with Crippen LogP contribution in [0, 0.1) is 0 Å². The van der Waals surface area contributed by atoms with Crippen molar-refractivity contribution in [2.45, 2.75) is 11.7 Å². The molecule has 0 amide bonds. The number of benzene rings is 2. The van der Waals surface area contributed by atoms with Gasteiger partial charge in [-0.05, 0) is 22.4 Å². The number of aliphatic hydroxyl groups excluding tert-OH is 2. The second kappa shape index (κ2) is 4.52. The summed E-state index contributed by atoms with van der Waals surface area (Å²) in [5.74, 6) is -0.649. The minimum atomic E-state index is -2.13. The van der Waals surface area contributed by atoms with Crippen LogP contribution < -0.4 is 0 Å². The molecule has 1 aliphatic rings. The molecule has 20 heavy (non-hydrogen) atoms. The predicted octanol–water partition coefficient (Wildman–Crippen LogP) is 0.890. The lowest BCUT2D eigenvalue weighted by molar-refractivity contribution is -0.143. The highest BCUT2D eigenvalue weighted by molar-refractivity contribution is 6.29. The summed E-state index contributed by atoms with van der Waals surface area (Å²) in [4.78, 5) is 12.3. The lowest BCUT2D eigenvalue weighted by atomic mass is 9.92. The molecule has 3 N–H and O–H groups in total. The molecule has 0 saturated carbocycles. The fraction of sp³-hybridized carbons (Fsp3) is 0.188. The number of fused-ring (bicyclic) bond motifs is 1. The molecule has 4 heteroatoms. The Morgan fingerprint density at radius 3 is 2.50 bits per heavy atom. The molecule has 2 aromatic rings. The van der Waals surface area contributed by atoms with Crippen LogP contribution in [0.4, 0.5) is 0 Å². The van der Waals surface area contributed by atoms with Gasteiger partial charge < -0.3 is 15.3 Å². The van der Waals surface area contributed by atoms with Crippen LogP contribution in [-0.4, -0.2) is 39.4 Å². The van der Waals surface area contributed by atoms with Crippen molar-refractivity contribution in [3.05, 3.63) is 54.1 Å². The van der Waals surface area contributed by atoms with Crippen LogP contribution in [-0.2, 0) is 4.79 Å². The van der Waals surface area contributed by atoms with Crippen molar-refractivity contribution in [3.63, 3.8) is 0 Å². The van der Waals surface area contributed by atoms with Gasteiger partial charge in [-0.25, -0.2) is 0 Å². The third-order valence-electron chi connectivity index (χ3n) is 3.77. The van der Waals surface area contributed by atoms with E-state index in [1.54, 1.807) is 6.07 Å². The standard InChI is InChI=1S/C16H14O4/c17-9-16(20)14(18)8-13(15(16)19)12-7-3-5-10-4-1-2-6-11(10)12/h1-8,14,17-18,20H,9H2/t14-,16-/m0/s1. The van der Waals surface area contributed by atoms with Crippen LogP contribution in [0.1, 0.15) is 5.56 Å². The molecule has 102 valence electrons. The van der Waals surface area contributed by atoms with Crippen LogP contribution in [0.15, 0.2) is 48.5 Å². The summed E-state index contributed by atoms with van der Waals surface area (Å²) in [6.07, 6.45) is -0.0886. The molecule has 0 radical (unpaired) electrons. The summed E-state index contributed by atoms with van der Waals surface area (Å²) in [5, 5.41) is 30.9. The largest absolute Gasteiger partial charge is 0.393 e. The van der Waals surface area contributed by atoms with Gasteiger partial charge in [-0.15, -0.1) is 0 Å². The van der Waals surface area contributed by atoms with Crippen molar-refractivity contribution in [1.82, 2.24) is 0 Å². The topological polar surface area (TPSA) is 77.8 Å². The van der Waals surface area contributed by atoms with Crippen LogP contribution in [0.2, 0.25) is 0 Å². The summed E-state index contributed by atoms with van der Waals surface area (Å²) < 4.78 is 0. The Hall–Kier alpha value is -2.01. The Balaban J connectivity index is 2.18. The second-order valence-electron chi connectivity index (χ2n) is 4.96. The summed E-state index contributed by atoms with van der Waals surface area (Å²) >= 11 is 0. The number of hydrogen-bond acceptors (Lipinski definition) is 4. The van der Waals surface area contributed by atoms with Gasteiger partial charge in [0.05, 0.1) is 6.61 Å². The summed E-state index contributed by atoms with van der Waals surface area (Å²) in [6.45, 7) is -0.808. The predicted molar refractivity (Wildman–Crippen MR) is 75.0 cm³/mol. The number of Topliss-reactive ketones (excluding diaryl/α,β-unsaturated/α-hetero) is 1. The molecule has 0 aliphatic heterocycles. The monoisotopic (exact) mass is 270 g/mol. The Kier molecular flexibility index (Phi) is 2.94. The maximum Gasteiger partial charge on any atom is 0.200 e. The van der Waals surface area contributed by atoms with E-state index in [9.17, 15) is 20.1 Å². The summed E-state index contributed by atoms with van der Waals surface area (Å²) in [6, 6.07) is 13.1. The molecule has 0 saturated heterocycles. The van der Waals surface area contributed by atoms with E-state index in [-0.39, 0.29) is 5.57 Å². The quantitative estimate of drug-likeness (QED) is 0.757. The number of aliphatic hydroxyl groups is 3. The van der Waals surface area contributed by atoms with Crippen LogP contribution in [0.3, 0.4) is 0 Å². The van der Waals surface area contributed by atoms with Crippen LogP contribution >= 0.6 is 0 Å². The zero-order chi connectivity index (χ0) is 14.3. The molecular formula is C16H14O4. The molecule has 0 spiro atoms. The molecular weight excluding hydrogens is 256 g/mol. The van der Waals surface area contributed by atoms with Gasteiger partial charge in [-0.2, -0.15) is 0 Å². The Morgan fingerprint density at radius 2 is 1.80 bits per heavy atom. The molecule has 2 aromatic carbocycles. The van der Waals surface area contributed by atoms with E-state index < -0.39 is 24.1 Å². The van der Waals surface area contributed by atoms with Gasteiger partial charge in [0.2, 0.25) is 0 Å². The molecule has 4 nitrogen and oxygen atoms in total.